The van der Waals surface area contributed by atoms with Gasteiger partial charge in [-0.15, -0.1) is 0 Å². The molecule has 5 nitrogen and oxygen atoms in total. The van der Waals surface area contributed by atoms with Gasteiger partial charge in [-0.2, -0.15) is 0 Å². The Morgan fingerprint density at radius 1 is 1.08 bits per heavy atom. The molecule has 6 heteroatoms. The van der Waals surface area contributed by atoms with Crippen molar-refractivity contribution in [3.05, 3.63) is 59.4 Å². The van der Waals surface area contributed by atoms with Crippen LogP contribution >= 0.6 is 0 Å². The summed E-state index contributed by atoms with van der Waals surface area (Å²) in [7, 11) is 0. The molecule has 25 heavy (non-hydrogen) atoms. The molecule has 0 spiro atoms. The minimum Gasteiger partial charge on any atom is -0.492 e. The summed E-state index contributed by atoms with van der Waals surface area (Å²) in [6.07, 6.45) is 1.14. The van der Waals surface area contributed by atoms with E-state index in [9.17, 15) is 14.0 Å². The molecule has 0 radical (unpaired) electrons. The first-order valence-electron chi connectivity index (χ1n) is 8.06. The molecule has 0 bridgehead atoms. The summed E-state index contributed by atoms with van der Waals surface area (Å²) >= 11 is 0. The van der Waals surface area contributed by atoms with Crippen LogP contribution in [-0.2, 0) is 11.2 Å². The molecule has 1 amide bonds. The van der Waals surface area contributed by atoms with Crippen LogP contribution in [0.4, 0.5) is 4.39 Å². The molecule has 130 valence electrons. The number of carbonyl (C=O) groups is 2. The topological polar surface area (TPSA) is 64.6 Å². The largest absolute Gasteiger partial charge is 0.492 e. The van der Waals surface area contributed by atoms with Gasteiger partial charge in [0.2, 0.25) is 0 Å². The van der Waals surface area contributed by atoms with Crippen LogP contribution in [0.15, 0.2) is 42.5 Å². The number of fused-ring (bicyclic) bond motifs is 1. The number of rotatable bonds is 7. The third-order valence-electron chi connectivity index (χ3n) is 3.90. The molecule has 1 N–H and O–H groups in total. The Balaban J connectivity index is 1.40. The number of hydrogen-bond donors (Lipinski definition) is 1. The van der Waals surface area contributed by atoms with Crippen molar-refractivity contribution in [1.82, 2.24) is 5.32 Å². The van der Waals surface area contributed by atoms with E-state index in [-0.39, 0.29) is 30.7 Å². The Hall–Kier alpha value is -2.89. The number of ether oxygens (including phenoxy) is 2. The third-order valence-corrected chi connectivity index (χ3v) is 3.90. The summed E-state index contributed by atoms with van der Waals surface area (Å²) in [5, 5.41) is 2.68. The highest BCUT2D eigenvalue weighted by Crippen LogP contribution is 2.30. The molecule has 0 saturated heterocycles. The van der Waals surface area contributed by atoms with Gasteiger partial charge in [0, 0.05) is 17.5 Å². The number of halogens is 1. The Morgan fingerprint density at radius 2 is 1.88 bits per heavy atom. The number of carbonyl (C=O) groups excluding carboxylic acids is 2. The van der Waals surface area contributed by atoms with Crippen molar-refractivity contribution < 1.29 is 23.5 Å². The van der Waals surface area contributed by atoms with Crippen LogP contribution < -0.4 is 14.8 Å². The average Bonchev–Trinajstić information content (AvgIpc) is 3.00. The highest BCUT2D eigenvalue weighted by atomic mass is 19.1. The highest BCUT2D eigenvalue weighted by Gasteiger charge is 2.22. The van der Waals surface area contributed by atoms with Crippen LogP contribution in [0.3, 0.4) is 0 Å². The first kappa shape index (κ1) is 17.0. The minimum absolute atomic E-state index is 0.114. The second-order valence-corrected chi connectivity index (χ2v) is 5.65. The molecular formula is C19H18FNO4. The zero-order valence-electron chi connectivity index (χ0n) is 13.6. The lowest BCUT2D eigenvalue weighted by Crippen LogP contribution is -2.32. The van der Waals surface area contributed by atoms with E-state index in [0.29, 0.717) is 36.4 Å². The van der Waals surface area contributed by atoms with Gasteiger partial charge in [0.15, 0.2) is 12.4 Å². The van der Waals surface area contributed by atoms with E-state index in [1.54, 1.807) is 18.2 Å². The van der Waals surface area contributed by atoms with E-state index in [1.165, 1.54) is 24.3 Å². The molecule has 0 unspecified atom stereocenters. The Kier molecular flexibility index (Phi) is 5.28. The third kappa shape index (κ3) is 4.35. The number of ketones is 1. The minimum atomic E-state index is -0.327. The van der Waals surface area contributed by atoms with Gasteiger partial charge in [-0.05, 0) is 36.8 Å². The van der Waals surface area contributed by atoms with Crippen molar-refractivity contribution >= 4 is 11.7 Å². The zero-order valence-corrected chi connectivity index (χ0v) is 13.6. The van der Waals surface area contributed by atoms with Crippen molar-refractivity contribution in [2.24, 2.45) is 0 Å². The van der Waals surface area contributed by atoms with Crippen molar-refractivity contribution in [1.29, 1.82) is 0 Å². The zero-order chi connectivity index (χ0) is 17.6. The summed E-state index contributed by atoms with van der Waals surface area (Å²) < 4.78 is 23.7. The Morgan fingerprint density at radius 3 is 2.68 bits per heavy atom. The van der Waals surface area contributed by atoms with Gasteiger partial charge >= 0.3 is 0 Å². The number of amides is 1. The number of benzene rings is 2. The van der Waals surface area contributed by atoms with E-state index in [1.807, 2.05) is 0 Å². The van der Waals surface area contributed by atoms with Gasteiger partial charge in [0.05, 0.1) is 6.54 Å². The van der Waals surface area contributed by atoms with Gasteiger partial charge in [0.25, 0.3) is 5.91 Å². The SMILES string of the molecule is O=C(COc1cccc2c1CCC2=O)NCCOc1ccc(F)cc1. The smallest absolute Gasteiger partial charge is 0.258 e. The second kappa shape index (κ2) is 7.79. The average molecular weight is 343 g/mol. The van der Waals surface area contributed by atoms with E-state index in [2.05, 4.69) is 5.32 Å². The normalized spacial score (nSPS) is 12.6. The van der Waals surface area contributed by atoms with Gasteiger partial charge in [-0.25, -0.2) is 4.39 Å². The van der Waals surface area contributed by atoms with Crippen LogP contribution in [0.5, 0.6) is 11.5 Å². The monoisotopic (exact) mass is 343 g/mol. The predicted molar refractivity (Wildman–Crippen MR) is 89.5 cm³/mol. The maximum Gasteiger partial charge on any atom is 0.258 e. The molecule has 0 atom stereocenters. The highest BCUT2D eigenvalue weighted by molar-refractivity contribution is 6.01. The van der Waals surface area contributed by atoms with E-state index < -0.39 is 0 Å². The van der Waals surface area contributed by atoms with E-state index in [0.717, 1.165) is 5.56 Å². The molecule has 2 aromatic carbocycles. The number of Topliss-reactive ketones (excluding diaryl/α,β-unsaturated/α-hetero) is 1. The molecule has 0 aliphatic heterocycles. The first-order valence-corrected chi connectivity index (χ1v) is 8.06. The summed E-state index contributed by atoms with van der Waals surface area (Å²) in [5.41, 5.74) is 1.56. The Bertz CT molecular complexity index is 773. The van der Waals surface area contributed by atoms with Gasteiger partial charge in [0.1, 0.15) is 23.9 Å². The molecule has 3 rings (SSSR count). The van der Waals surface area contributed by atoms with Crippen molar-refractivity contribution in [2.75, 3.05) is 19.8 Å². The van der Waals surface area contributed by atoms with Crippen LogP contribution in [0.2, 0.25) is 0 Å². The summed E-state index contributed by atoms with van der Waals surface area (Å²) in [4.78, 5) is 23.5. The van der Waals surface area contributed by atoms with E-state index in [4.69, 9.17) is 9.47 Å². The molecule has 0 aromatic heterocycles. The summed E-state index contributed by atoms with van der Waals surface area (Å²) in [6.45, 7) is 0.457. The van der Waals surface area contributed by atoms with E-state index >= 15 is 0 Å². The maximum absolute atomic E-state index is 12.8. The summed E-state index contributed by atoms with van der Waals surface area (Å²) in [5.74, 6) is 0.636. The quantitative estimate of drug-likeness (QED) is 0.785. The van der Waals surface area contributed by atoms with Crippen molar-refractivity contribution in [3.8, 4) is 11.5 Å². The number of hydrogen-bond acceptors (Lipinski definition) is 4. The molecule has 1 aliphatic carbocycles. The lowest BCUT2D eigenvalue weighted by atomic mass is 10.1. The Labute approximate surface area is 144 Å². The fourth-order valence-electron chi connectivity index (χ4n) is 2.68. The molecular weight excluding hydrogens is 325 g/mol. The van der Waals surface area contributed by atoms with Crippen LogP contribution in [0, 0.1) is 5.82 Å². The van der Waals surface area contributed by atoms with Crippen LogP contribution in [0.1, 0.15) is 22.3 Å². The lowest BCUT2D eigenvalue weighted by molar-refractivity contribution is -0.123. The molecule has 0 fully saturated rings. The fraction of sp³-hybridized carbons (Fsp3) is 0.263. The molecule has 0 heterocycles. The predicted octanol–water partition coefficient (Wildman–Crippen LogP) is 2.53. The van der Waals surface area contributed by atoms with Crippen molar-refractivity contribution in [3.63, 3.8) is 0 Å². The lowest BCUT2D eigenvalue weighted by Gasteiger charge is -2.11. The van der Waals surface area contributed by atoms with Crippen LogP contribution in [-0.4, -0.2) is 31.4 Å². The molecule has 0 saturated carbocycles. The van der Waals surface area contributed by atoms with Gasteiger partial charge < -0.3 is 14.8 Å². The van der Waals surface area contributed by atoms with Crippen molar-refractivity contribution in [2.45, 2.75) is 12.8 Å². The number of nitrogens with one attached hydrogen (secondary N) is 1. The fourth-order valence-corrected chi connectivity index (χ4v) is 2.68. The molecule has 2 aromatic rings. The first-order chi connectivity index (χ1) is 12.1. The van der Waals surface area contributed by atoms with Crippen LogP contribution in [0.25, 0.3) is 0 Å². The second-order valence-electron chi connectivity index (χ2n) is 5.65. The van der Waals surface area contributed by atoms with Gasteiger partial charge in [-0.3, -0.25) is 9.59 Å². The summed E-state index contributed by atoms with van der Waals surface area (Å²) in [6, 6.07) is 11.0. The maximum atomic E-state index is 12.8. The van der Waals surface area contributed by atoms with Gasteiger partial charge in [-0.1, -0.05) is 12.1 Å². The standard InChI is InChI=1S/C19H18FNO4/c20-13-4-6-14(7-5-13)24-11-10-21-19(23)12-25-18-3-1-2-15-16(18)8-9-17(15)22/h1-7H,8-12H2,(H,21,23). The molecule has 1 aliphatic rings.